The summed E-state index contributed by atoms with van der Waals surface area (Å²) in [6, 6.07) is 4.29. The lowest BCUT2D eigenvalue weighted by Gasteiger charge is -2.07. The zero-order valence-electron chi connectivity index (χ0n) is 7.53. The SMILES string of the molecule is CCC(N)c1cnc2ccsc2c1. The second-order valence-electron chi connectivity index (χ2n) is 3.09. The summed E-state index contributed by atoms with van der Waals surface area (Å²) >= 11 is 1.71. The van der Waals surface area contributed by atoms with Gasteiger partial charge in [0.05, 0.1) is 10.2 Å². The number of nitrogens with two attached hydrogens (primary N) is 1. The van der Waals surface area contributed by atoms with Gasteiger partial charge in [-0.15, -0.1) is 11.3 Å². The minimum absolute atomic E-state index is 0.124. The molecular weight excluding hydrogens is 180 g/mol. The molecule has 13 heavy (non-hydrogen) atoms. The van der Waals surface area contributed by atoms with Gasteiger partial charge < -0.3 is 5.73 Å². The molecule has 0 aromatic carbocycles. The maximum Gasteiger partial charge on any atom is 0.0809 e. The molecule has 2 nitrogen and oxygen atoms in total. The lowest BCUT2D eigenvalue weighted by Crippen LogP contribution is -2.08. The first-order valence-corrected chi connectivity index (χ1v) is 5.28. The van der Waals surface area contributed by atoms with Crippen LogP contribution in [-0.4, -0.2) is 4.98 Å². The fourth-order valence-electron chi connectivity index (χ4n) is 1.30. The fourth-order valence-corrected chi connectivity index (χ4v) is 2.09. The van der Waals surface area contributed by atoms with Gasteiger partial charge in [-0.25, -0.2) is 0 Å². The first kappa shape index (κ1) is 8.66. The molecule has 0 radical (unpaired) electrons. The van der Waals surface area contributed by atoms with Crippen LogP contribution in [0.3, 0.4) is 0 Å². The number of rotatable bonds is 2. The number of nitrogens with zero attached hydrogens (tertiary/aromatic N) is 1. The van der Waals surface area contributed by atoms with Gasteiger partial charge in [0.1, 0.15) is 0 Å². The van der Waals surface area contributed by atoms with Crippen LogP contribution in [0.4, 0.5) is 0 Å². The Morgan fingerprint density at radius 1 is 1.62 bits per heavy atom. The van der Waals surface area contributed by atoms with E-state index in [4.69, 9.17) is 5.73 Å². The van der Waals surface area contributed by atoms with Crippen molar-refractivity contribution in [3.05, 3.63) is 29.3 Å². The molecule has 0 aliphatic rings. The summed E-state index contributed by atoms with van der Waals surface area (Å²) in [6.45, 7) is 2.09. The van der Waals surface area contributed by atoms with Crippen molar-refractivity contribution in [1.82, 2.24) is 4.98 Å². The molecule has 2 rings (SSSR count). The quantitative estimate of drug-likeness (QED) is 0.794. The molecule has 0 amide bonds. The average molecular weight is 192 g/mol. The van der Waals surface area contributed by atoms with Crippen molar-refractivity contribution in [2.45, 2.75) is 19.4 Å². The molecule has 0 saturated carbocycles. The van der Waals surface area contributed by atoms with Crippen LogP contribution in [0.25, 0.3) is 10.2 Å². The van der Waals surface area contributed by atoms with Crippen molar-refractivity contribution in [3.63, 3.8) is 0 Å². The molecule has 68 valence electrons. The van der Waals surface area contributed by atoms with Gasteiger partial charge in [-0.05, 0) is 29.5 Å². The molecule has 0 saturated heterocycles. The second kappa shape index (κ2) is 3.44. The molecule has 2 aromatic rings. The van der Waals surface area contributed by atoms with Crippen LogP contribution in [0.5, 0.6) is 0 Å². The van der Waals surface area contributed by atoms with Crippen LogP contribution in [0.1, 0.15) is 24.9 Å². The van der Waals surface area contributed by atoms with E-state index in [0.29, 0.717) is 0 Å². The molecule has 2 heterocycles. The summed E-state index contributed by atoms with van der Waals surface area (Å²) in [5.74, 6) is 0. The minimum atomic E-state index is 0.124. The van der Waals surface area contributed by atoms with Crippen LogP contribution in [0.2, 0.25) is 0 Å². The van der Waals surface area contributed by atoms with Gasteiger partial charge in [-0.3, -0.25) is 4.98 Å². The van der Waals surface area contributed by atoms with Crippen LogP contribution in [0.15, 0.2) is 23.7 Å². The number of hydrogen-bond acceptors (Lipinski definition) is 3. The predicted molar refractivity (Wildman–Crippen MR) is 56.8 cm³/mol. The summed E-state index contributed by atoms with van der Waals surface area (Å²) in [5, 5.41) is 2.05. The molecule has 1 unspecified atom stereocenters. The van der Waals surface area contributed by atoms with Crippen molar-refractivity contribution >= 4 is 21.6 Å². The molecule has 0 fully saturated rings. The van der Waals surface area contributed by atoms with E-state index in [2.05, 4.69) is 23.4 Å². The first-order chi connectivity index (χ1) is 6.31. The number of pyridine rings is 1. The Hall–Kier alpha value is -0.930. The third kappa shape index (κ3) is 1.57. The highest BCUT2D eigenvalue weighted by Gasteiger charge is 2.04. The summed E-state index contributed by atoms with van der Waals surface area (Å²) in [4.78, 5) is 4.34. The molecule has 0 spiro atoms. The highest BCUT2D eigenvalue weighted by molar-refractivity contribution is 7.17. The first-order valence-electron chi connectivity index (χ1n) is 4.40. The maximum absolute atomic E-state index is 5.92. The van der Waals surface area contributed by atoms with Crippen molar-refractivity contribution in [1.29, 1.82) is 0 Å². The van der Waals surface area contributed by atoms with Gasteiger partial charge in [0.15, 0.2) is 0 Å². The Bertz CT molecular complexity index is 408. The number of aromatic nitrogens is 1. The molecule has 0 aliphatic heterocycles. The molecule has 1 atom stereocenters. The van der Waals surface area contributed by atoms with Gasteiger partial charge in [-0.2, -0.15) is 0 Å². The lowest BCUT2D eigenvalue weighted by atomic mass is 10.1. The minimum Gasteiger partial charge on any atom is -0.324 e. The lowest BCUT2D eigenvalue weighted by molar-refractivity contribution is 0.697. The van der Waals surface area contributed by atoms with Gasteiger partial charge in [-0.1, -0.05) is 6.92 Å². The maximum atomic E-state index is 5.92. The Balaban J connectivity index is 2.48. The van der Waals surface area contributed by atoms with Crippen molar-refractivity contribution < 1.29 is 0 Å². The molecule has 0 bridgehead atoms. The Kier molecular flexibility index (Phi) is 2.29. The summed E-state index contributed by atoms with van der Waals surface area (Å²) in [6.07, 6.45) is 2.84. The van der Waals surface area contributed by atoms with E-state index in [1.165, 1.54) is 4.70 Å². The van der Waals surface area contributed by atoms with Gasteiger partial charge >= 0.3 is 0 Å². The van der Waals surface area contributed by atoms with E-state index in [-0.39, 0.29) is 6.04 Å². The average Bonchev–Trinajstić information content (AvgIpc) is 2.63. The fraction of sp³-hybridized carbons (Fsp3) is 0.300. The zero-order valence-corrected chi connectivity index (χ0v) is 8.34. The van der Waals surface area contributed by atoms with Crippen molar-refractivity contribution in [2.75, 3.05) is 0 Å². The molecular formula is C10H12N2S. The highest BCUT2D eigenvalue weighted by atomic mass is 32.1. The highest BCUT2D eigenvalue weighted by Crippen LogP contribution is 2.22. The van der Waals surface area contributed by atoms with Crippen LogP contribution < -0.4 is 5.73 Å². The Morgan fingerprint density at radius 3 is 3.23 bits per heavy atom. The third-order valence-corrected chi connectivity index (χ3v) is 3.04. The normalized spacial score (nSPS) is 13.4. The number of thiophene rings is 1. The summed E-state index contributed by atoms with van der Waals surface area (Å²) < 4.78 is 1.22. The monoisotopic (exact) mass is 192 g/mol. The van der Waals surface area contributed by atoms with E-state index in [9.17, 15) is 0 Å². The molecule has 2 N–H and O–H groups in total. The van der Waals surface area contributed by atoms with Crippen LogP contribution in [0, 0.1) is 0 Å². The smallest absolute Gasteiger partial charge is 0.0809 e. The summed E-state index contributed by atoms with van der Waals surface area (Å²) in [7, 11) is 0. The van der Waals surface area contributed by atoms with Crippen LogP contribution in [-0.2, 0) is 0 Å². The van der Waals surface area contributed by atoms with E-state index < -0.39 is 0 Å². The Morgan fingerprint density at radius 2 is 2.46 bits per heavy atom. The molecule has 2 aromatic heterocycles. The topological polar surface area (TPSA) is 38.9 Å². The number of hydrogen-bond donors (Lipinski definition) is 1. The van der Waals surface area contributed by atoms with Gasteiger partial charge in [0.25, 0.3) is 0 Å². The molecule has 3 heteroatoms. The van der Waals surface area contributed by atoms with Crippen LogP contribution >= 0.6 is 11.3 Å². The molecule has 0 aliphatic carbocycles. The van der Waals surface area contributed by atoms with Crippen molar-refractivity contribution in [2.24, 2.45) is 5.73 Å². The predicted octanol–water partition coefficient (Wildman–Crippen LogP) is 2.71. The van der Waals surface area contributed by atoms with E-state index in [1.807, 2.05) is 12.3 Å². The standard InChI is InChI=1S/C10H12N2S/c1-2-8(11)7-5-10-9(12-6-7)3-4-13-10/h3-6,8H,2,11H2,1H3. The van der Waals surface area contributed by atoms with E-state index in [1.54, 1.807) is 11.3 Å². The number of fused-ring (bicyclic) bond motifs is 1. The Labute approximate surface area is 81.4 Å². The van der Waals surface area contributed by atoms with E-state index >= 15 is 0 Å². The third-order valence-electron chi connectivity index (χ3n) is 2.19. The van der Waals surface area contributed by atoms with E-state index in [0.717, 1.165) is 17.5 Å². The largest absolute Gasteiger partial charge is 0.324 e. The van der Waals surface area contributed by atoms with Gasteiger partial charge in [0.2, 0.25) is 0 Å². The zero-order chi connectivity index (χ0) is 9.26. The summed E-state index contributed by atoms with van der Waals surface area (Å²) in [5.41, 5.74) is 8.12. The van der Waals surface area contributed by atoms with Crippen molar-refractivity contribution in [3.8, 4) is 0 Å². The second-order valence-corrected chi connectivity index (χ2v) is 4.04. The van der Waals surface area contributed by atoms with Gasteiger partial charge in [0, 0.05) is 12.2 Å².